The molecule has 0 spiro atoms. The summed E-state index contributed by atoms with van der Waals surface area (Å²) < 4.78 is 27.9. The van der Waals surface area contributed by atoms with Crippen molar-refractivity contribution in [3.63, 3.8) is 0 Å². The predicted octanol–water partition coefficient (Wildman–Crippen LogP) is 5.53. The van der Waals surface area contributed by atoms with Crippen LogP contribution in [-0.4, -0.2) is 12.7 Å². The van der Waals surface area contributed by atoms with Gasteiger partial charge in [0.1, 0.15) is 0 Å². The second kappa shape index (κ2) is 8.89. The van der Waals surface area contributed by atoms with Gasteiger partial charge >= 0.3 is 0 Å². The molecule has 6 heteroatoms. The fourth-order valence-corrected chi connectivity index (χ4v) is 5.01. The molecule has 27 heavy (non-hydrogen) atoms. The number of hydrogen-bond acceptors (Lipinski definition) is 2. The van der Waals surface area contributed by atoms with E-state index in [1.165, 1.54) is 4.31 Å². The largest absolute Gasteiger partial charge is 0.219 e. The summed E-state index contributed by atoms with van der Waals surface area (Å²) in [5, 5.41) is 0.705. The second-order valence-corrected chi connectivity index (χ2v) is 8.98. The van der Waals surface area contributed by atoms with Crippen LogP contribution in [0.1, 0.15) is 16.7 Å². The van der Waals surface area contributed by atoms with Crippen LogP contribution >= 0.6 is 23.2 Å². The zero-order chi connectivity index (χ0) is 19.3. The molecule has 140 valence electrons. The zero-order valence-electron chi connectivity index (χ0n) is 14.6. The molecule has 0 bridgehead atoms. The Morgan fingerprint density at radius 1 is 0.667 bits per heavy atom. The predicted molar refractivity (Wildman–Crippen MR) is 111 cm³/mol. The number of sulfonamides is 1. The van der Waals surface area contributed by atoms with Crippen molar-refractivity contribution in [2.24, 2.45) is 0 Å². The Bertz CT molecular complexity index is 931. The first kappa shape index (κ1) is 19.9. The van der Waals surface area contributed by atoms with E-state index in [1.807, 2.05) is 60.7 Å². The average molecular weight is 420 g/mol. The van der Waals surface area contributed by atoms with Gasteiger partial charge in [-0.25, -0.2) is 8.42 Å². The van der Waals surface area contributed by atoms with E-state index < -0.39 is 10.0 Å². The lowest BCUT2D eigenvalue weighted by Crippen LogP contribution is -2.31. The lowest BCUT2D eigenvalue weighted by atomic mass is 10.2. The van der Waals surface area contributed by atoms with E-state index in [9.17, 15) is 8.42 Å². The van der Waals surface area contributed by atoms with E-state index in [0.29, 0.717) is 15.6 Å². The molecule has 0 unspecified atom stereocenters. The number of benzene rings is 3. The molecule has 3 rings (SSSR count). The number of halogens is 2. The minimum absolute atomic E-state index is 0.245. The minimum atomic E-state index is -3.65. The monoisotopic (exact) mass is 419 g/mol. The van der Waals surface area contributed by atoms with Crippen LogP contribution in [0.3, 0.4) is 0 Å². The van der Waals surface area contributed by atoms with Crippen LogP contribution in [0, 0.1) is 0 Å². The Labute approximate surface area is 170 Å². The van der Waals surface area contributed by atoms with E-state index >= 15 is 0 Å². The summed E-state index contributed by atoms with van der Waals surface area (Å²) >= 11 is 12.4. The maximum atomic E-state index is 13.2. The van der Waals surface area contributed by atoms with Crippen molar-refractivity contribution in [3.05, 3.63) is 106 Å². The number of rotatable bonds is 7. The van der Waals surface area contributed by atoms with Gasteiger partial charge in [0.15, 0.2) is 0 Å². The molecular weight excluding hydrogens is 401 g/mol. The summed E-state index contributed by atoms with van der Waals surface area (Å²) in [6.07, 6.45) is 0. The highest BCUT2D eigenvalue weighted by atomic mass is 35.5. The first-order valence-electron chi connectivity index (χ1n) is 8.44. The third kappa shape index (κ3) is 5.33. The van der Waals surface area contributed by atoms with Crippen molar-refractivity contribution in [2.45, 2.75) is 18.8 Å². The van der Waals surface area contributed by atoms with Gasteiger partial charge in [0, 0.05) is 28.7 Å². The van der Waals surface area contributed by atoms with Crippen molar-refractivity contribution in [2.75, 3.05) is 0 Å². The van der Waals surface area contributed by atoms with Crippen molar-refractivity contribution >= 4 is 33.2 Å². The van der Waals surface area contributed by atoms with Crippen LogP contribution in [0.25, 0.3) is 0 Å². The summed E-state index contributed by atoms with van der Waals surface area (Å²) in [7, 11) is -3.65. The third-order valence-corrected chi connectivity index (χ3v) is 6.59. The van der Waals surface area contributed by atoms with E-state index in [2.05, 4.69) is 0 Å². The molecule has 0 saturated carbocycles. The van der Waals surface area contributed by atoms with Crippen LogP contribution in [0.15, 0.2) is 78.9 Å². The summed E-state index contributed by atoms with van der Waals surface area (Å²) in [5.74, 6) is -0.245. The third-order valence-electron chi connectivity index (χ3n) is 4.19. The van der Waals surface area contributed by atoms with E-state index in [1.54, 1.807) is 18.2 Å². The molecule has 0 radical (unpaired) electrons. The van der Waals surface area contributed by atoms with Crippen LogP contribution in [-0.2, 0) is 28.9 Å². The molecule has 0 fully saturated rings. The van der Waals surface area contributed by atoms with Gasteiger partial charge in [0.05, 0.1) is 5.75 Å². The summed E-state index contributed by atoms with van der Waals surface area (Å²) in [6, 6.07) is 24.0. The Kier molecular flexibility index (Phi) is 6.55. The highest BCUT2D eigenvalue weighted by Gasteiger charge is 2.25. The Balaban J connectivity index is 1.92. The molecule has 0 aliphatic heterocycles. The van der Waals surface area contributed by atoms with Gasteiger partial charge < -0.3 is 0 Å². The van der Waals surface area contributed by atoms with Gasteiger partial charge in [0.25, 0.3) is 0 Å². The standard InChI is InChI=1S/C21H19Cl2NO2S/c22-20-12-7-13-21(23)19(20)16-27(25,26)24(14-17-8-3-1-4-9-17)15-18-10-5-2-6-11-18/h1-13H,14-16H2. The Morgan fingerprint density at radius 2 is 1.11 bits per heavy atom. The number of nitrogens with zero attached hydrogens (tertiary/aromatic N) is 1. The maximum absolute atomic E-state index is 13.2. The molecule has 0 aliphatic rings. The molecule has 0 amide bonds. The smallest absolute Gasteiger partial charge is 0.212 e. The molecule has 0 aromatic heterocycles. The van der Waals surface area contributed by atoms with Gasteiger partial charge in [0.2, 0.25) is 10.0 Å². The van der Waals surface area contributed by atoms with E-state index in [4.69, 9.17) is 23.2 Å². The van der Waals surface area contributed by atoms with Crippen LogP contribution < -0.4 is 0 Å². The molecule has 3 aromatic rings. The molecule has 0 heterocycles. The van der Waals surface area contributed by atoms with Crippen molar-refractivity contribution < 1.29 is 8.42 Å². The molecule has 0 aliphatic carbocycles. The zero-order valence-corrected chi connectivity index (χ0v) is 16.9. The Morgan fingerprint density at radius 3 is 1.56 bits per heavy atom. The number of hydrogen-bond donors (Lipinski definition) is 0. The SMILES string of the molecule is O=S(=O)(Cc1c(Cl)cccc1Cl)N(Cc1ccccc1)Cc1ccccc1. The van der Waals surface area contributed by atoms with Crippen molar-refractivity contribution in [1.29, 1.82) is 0 Å². The first-order valence-corrected chi connectivity index (χ1v) is 10.8. The van der Waals surface area contributed by atoms with Gasteiger partial charge in [-0.2, -0.15) is 4.31 Å². The lowest BCUT2D eigenvalue weighted by Gasteiger charge is -2.23. The molecule has 0 N–H and O–H groups in total. The molecule has 0 saturated heterocycles. The maximum Gasteiger partial charge on any atom is 0.219 e. The highest BCUT2D eigenvalue weighted by Crippen LogP contribution is 2.28. The molecular formula is C21H19Cl2NO2S. The molecule has 3 aromatic carbocycles. The summed E-state index contributed by atoms with van der Waals surface area (Å²) in [5.41, 5.74) is 2.26. The van der Waals surface area contributed by atoms with Gasteiger partial charge in [-0.1, -0.05) is 89.9 Å². The van der Waals surface area contributed by atoms with Crippen molar-refractivity contribution in [1.82, 2.24) is 4.31 Å². The van der Waals surface area contributed by atoms with Crippen molar-refractivity contribution in [3.8, 4) is 0 Å². The minimum Gasteiger partial charge on any atom is -0.212 e. The fraction of sp³-hybridized carbons (Fsp3) is 0.143. The van der Waals surface area contributed by atoms with E-state index in [0.717, 1.165) is 11.1 Å². The Hall–Kier alpha value is -1.85. The normalized spacial score (nSPS) is 11.7. The quantitative estimate of drug-likeness (QED) is 0.504. The van der Waals surface area contributed by atoms with Gasteiger partial charge in [-0.05, 0) is 23.3 Å². The second-order valence-electron chi connectivity index (χ2n) is 6.20. The topological polar surface area (TPSA) is 37.4 Å². The summed E-state index contributed by atoms with van der Waals surface area (Å²) in [4.78, 5) is 0. The molecule has 0 atom stereocenters. The van der Waals surface area contributed by atoms with E-state index in [-0.39, 0.29) is 18.8 Å². The van der Waals surface area contributed by atoms with Crippen LogP contribution in [0.4, 0.5) is 0 Å². The first-order chi connectivity index (χ1) is 13.0. The van der Waals surface area contributed by atoms with Crippen LogP contribution in [0.5, 0.6) is 0 Å². The van der Waals surface area contributed by atoms with Crippen LogP contribution in [0.2, 0.25) is 10.0 Å². The average Bonchev–Trinajstić information content (AvgIpc) is 2.66. The fourth-order valence-electron chi connectivity index (χ4n) is 2.77. The summed E-state index contributed by atoms with van der Waals surface area (Å²) in [6.45, 7) is 0.556. The highest BCUT2D eigenvalue weighted by molar-refractivity contribution is 7.88. The molecule has 3 nitrogen and oxygen atoms in total. The van der Waals surface area contributed by atoms with Gasteiger partial charge in [-0.15, -0.1) is 0 Å². The van der Waals surface area contributed by atoms with Gasteiger partial charge in [-0.3, -0.25) is 0 Å². The lowest BCUT2D eigenvalue weighted by molar-refractivity contribution is 0.400.